The van der Waals surface area contributed by atoms with Gasteiger partial charge in [0.25, 0.3) is 0 Å². The maximum atomic E-state index is 5.51. The lowest BCUT2D eigenvalue weighted by atomic mass is 10.0. The molecule has 2 N–H and O–H groups in total. The molecule has 2 heterocycles. The van der Waals surface area contributed by atoms with Crippen molar-refractivity contribution in [2.45, 2.75) is 12.1 Å². The van der Waals surface area contributed by atoms with Gasteiger partial charge in [0.2, 0.25) is 0 Å². The number of morpholine rings is 1. The predicted octanol–water partition coefficient (Wildman–Crippen LogP) is 0.606. The number of aromatic nitrogens is 1. The van der Waals surface area contributed by atoms with Crippen molar-refractivity contribution in [3.05, 3.63) is 24.0 Å². The molecule has 1 aromatic rings. The zero-order valence-corrected chi connectivity index (χ0v) is 9.36. The van der Waals surface area contributed by atoms with E-state index in [1.807, 2.05) is 12.3 Å². The first-order valence-electron chi connectivity index (χ1n) is 5.40. The summed E-state index contributed by atoms with van der Waals surface area (Å²) in [6, 6.07) is 4.88. The quantitative estimate of drug-likeness (QED) is 0.766. The van der Waals surface area contributed by atoms with Gasteiger partial charge in [-0.15, -0.1) is 0 Å². The van der Waals surface area contributed by atoms with Gasteiger partial charge >= 0.3 is 0 Å². The molecule has 84 valence electrons. The Balaban J connectivity index is 2.12. The van der Waals surface area contributed by atoms with E-state index < -0.39 is 0 Å². The molecule has 2 unspecified atom stereocenters. The van der Waals surface area contributed by atoms with Gasteiger partial charge in [0.15, 0.2) is 0 Å². The normalized spacial score (nSPS) is 24.3. The average Bonchev–Trinajstić information content (AvgIpc) is 2.72. The molecule has 15 heavy (non-hydrogen) atoms. The molecule has 1 aromatic heterocycles. The van der Waals surface area contributed by atoms with E-state index in [4.69, 9.17) is 4.74 Å². The molecule has 4 nitrogen and oxygen atoms in total. The SMILES string of the molecule is CN(C)C(c1ccc[nH]1)C1COCCN1. The molecule has 0 aromatic carbocycles. The Labute approximate surface area is 90.6 Å². The van der Waals surface area contributed by atoms with E-state index in [0.29, 0.717) is 12.1 Å². The standard InChI is InChI=1S/C11H19N3O/c1-14(2)11(9-4-3-5-12-9)10-8-15-7-6-13-10/h3-5,10-13H,6-8H2,1-2H3. The smallest absolute Gasteiger partial charge is 0.0671 e. The zero-order chi connectivity index (χ0) is 10.7. The molecule has 2 rings (SSSR count). The highest BCUT2D eigenvalue weighted by molar-refractivity contribution is 5.12. The van der Waals surface area contributed by atoms with Gasteiger partial charge in [0.1, 0.15) is 0 Å². The highest BCUT2D eigenvalue weighted by Gasteiger charge is 2.27. The van der Waals surface area contributed by atoms with Gasteiger partial charge in [0, 0.05) is 18.4 Å². The number of hydrogen-bond donors (Lipinski definition) is 2. The summed E-state index contributed by atoms with van der Waals surface area (Å²) >= 11 is 0. The Morgan fingerprint density at radius 2 is 2.40 bits per heavy atom. The van der Waals surface area contributed by atoms with Crippen LogP contribution in [0.25, 0.3) is 0 Å². The largest absolute Gasteiger partial charge is 0.378 e. The number of ether oxygens (including phenoxy) is 1. The molecule has 0 aliphatic carbocycles. The lowest BCUT2D eigenvalue weighted by Gasteiger charge is -2.34. The van der Waals surface area contributed by atoms with Crippen molar-refractivity contribution in [3.8, 4) is 0 Å². The molecule has 1 aliphatic heterocycles. The zero-order valence-electron chi connectivity index (χ0n) is 9.36. The van der Waals surface area contributed by atoms with Crippen molar-refractivity contribution in [1.29, 1.82) is 0 Å². The summed E-state index contributed by atoms with van der Waals surface area (Å²) in [5, 5.41) is 3.50. The van der Waals surface area contributed by atoms with E-state index in [1.54, 1.807) is 0 Å². The van der Waals surface area contributed by atoms with E-state index in [1.165, 1.54) is 5.69 Å². The van der Waals surface area contributed by atoms with Crippen LogP contribution in [0.2, 0.25) is 0 Å². The van der Waals surface area contributed by atoms with E-state index in [0.717, 1.165) is 19.8 Å². The lowest BCUT2D eigenvalue weighted by molar-refractivity contribution is 0.0451. The van der Waals surface area contributed by atoms with Crippen LogP contribution in [-0.2, 0) is 4.74 Å². The topological polar surface area (TPSA) is 40.3 Å². The Bertz CT molecular complexity index is 278. The third-order valence-electron chi connectivity index (χ3n) is 2.83. The maximum absolute atomic E-state index is 5.51. The fraction of sp³-hybridized carbons (Fsp3) is 0.636. The van der Waals surface area contributed by atoms with Gasteiger partial charge in [-0.2, -0.15) is 0 Å². The fourth-order valence-corrected chi connectivity index (χ4v) is 2.17. The van der Waals surface area contributed by atoms with Gasteiger partial charge in [-0.25, -0.2) is 0 Å². The summed E-state index contributed by atoms with van der Waals surface area (Å²) in [5.74, 6) is 0. The summed E-state index contributed by atoms with van der Waals surface area (Å²) in [6.07, 6.45) is 1.97. The number of H-pyrrole nitrogens is 1. The number of likely N-dealkylation sites (N-methyl/N-ethyl adjacent to an activating group) is 1. The van der Waals surface area contributed by atoms with Crippen molar-refractivity contribution in [1.82, 2.24) is 15.2 Å². The Morgan fingerprint density at radius 3 is 2.93 bits per heavy atom. The Hall–Kier alpha value is -0.840. The van der Waals surface area contributed by atoms with Crippen LogP contribution in [0, 0.1) is 0 Å². The molecule has 0 spiro atoms. The highest BCUT2D eigenvalue weighted by Crippen LogP contribution is 2.21. The van der Waals surface area contributed by atoms with Crippen LogP contribution in [0.5, 0.6) is 0 Å². The van der Waals surface area contributed by atoms with E-state index in [2.05, 4.69) is 35.4 Å². The van der Waals surface area contributed by atoms with Gasteiger partial charge in [-0.05, 0) is 26.2 Å². The lowest BCUT2D eigenvalue weighted by Crippen LogP contribution is -2.49. The molecule has 4 heteroatoms. The summed E-state index contributed by atoms with van der Waals surface area (Å²) in [6.45, 7) is 2.54. The summed E-state index contributed by atoms with van der Waals surface area (Å²) in [7, 11) is 4.20. The summed E-state index contributed by atoms with van der Waals surface area (Å²) < 4.78 is 5.51. The molecular weight excluding hydrogens is 190 g/mol. The maximum Gasteiger partial charge on any atom is 0.0671 e. The van der Waals surface area contributed by atoms with E-state index in [-0.39, 0.29) is 0 Å². The second-order valence-corrected chi connectivity index (χ2v) is 4.17. The number of nitrogens with zero attached hydrogens (tertiary/aromatic N) is 1. The predicted molar refractivity (Wildman–Crippen MR) is 59.8 cm³/mol. The first kappa shape index (κ1) is 10.7. The van der Waals surface area contributed by atoms with Crippen molar-refractivity contribution in [2.75, 3.05) is 33.9 Å². The second-order valence-electron chi connectivity index (χ2n) is 4.17. The second kappa shape index (κ2) is 4.79. The minimum absolute atomic E-state index is 0.347. The molecule has 0 saturated carbocycles. The number of aromatic amines is 1. The molecular formula is C11H19N3O. The Kier molecular flexibility index (Phi) is 3.41. The number of hydrogen-bond acceptors (Lipinski definition) is 3. The van der Waals surface area contributed by atoms with Gasteiger partial charge in [-0.3, -0.25) is 4.90 Å². The third kappa shape index (κ3) is 2.40. The molecule has 0 bridgehead atoms. The number of rotatable bonds is 3. The molecule has 0 amide bonds. The molecule has 0 radical (unpaired) electrons. The van der Waals surface area contributed by atoms with Crippen LogP contribution in [0.1, 0.15) is 11.7 Å². The minimum Gasteiger partial charge on any atom is -0.378 e. The fourth-order valence-electron chi connectivity index (χ4n) is 2.17. The highest BCUT2D eigenvalue weighted by atomic mass is 16.5. The first-order valence-corrected chi connectivity index (χ1v) is 5.40. The minimum atomic E-state index is 0.347. The molecule has 2 atom stereocenters. The van der Waals surface area contributed by atoms with Gasteiger partial charge < -0.3 is 15.0 Å². The van der Waals surface area contributed by atoms with Gasteiger partial charge in [0.05, 0.1) is 25.3 Å². The third-order valence-corrected chi connectivity index (χ3v) is 2.83. The first-order chi connectivity index (χ1) is 7.29. The molecule has 1 fully saturated rings. The monoisotopic (exact) mass is 209 g/mol. The summed E-state index contributed by atoms with van der Waals surface area (Å²) in [5.41, 5.74) is 1.24. The Morgan fingerprint density at radius 1 is 1.53 bits per heavy atom. The van der Waals surface area contributed by atoms with E-state index >= 15 is 0 Å². The van der Waals surface area contributed by atoms with Crippen LogP contribution in [-0.4, -0.2) is 49.8 Å². The van der Waals surface area contributed by atoms with Crippen LogP contribution >= 0.6 is 0 Å². The average molecular weight is 209 g/mol. The van der Waals surface area contributed by atoms with Crippen molar-refractivity contribution in [2.24, 2.45) is 0 Å². The van der Waals surface area contributed by atoms with Crippen LogP contribution in [0.4, 0.5) is 0 Å². The van der Waals surface area contributed by atoms with Crippen LogP contribution in [0.3, 0.4) is 0 Å². The van der Waals surface area contributed by atoms with Crippen LogP contribution < -0.4 is 5.32 Å². The van der Waals surface area contributed by atoms with Gasteiger partial charge in [-0.1, -0.05) is 0 Å². The van der Waals surface area contributed by atoms with Crippen molar-refractivity contribution < 1.29 is 4.74 Å². The molecule has 1 aliphatic rings. The van der Waals surface area contributed by atoms with E-state index in [9.17, 15) is 0 Å². The van der Waals surface area contributed by atoms with Crippen LogP contribution in [0.15, 0.2) is 18.3 Å². The molecule has 1 saturated heterocycles. The van der Waals surface area contributed by atoms with Crippen molar-refractivity contribution in [3.63, 3.8) is 0 Å². The number of nitrogens with one attached hydrogen (secondary N) is 2. The summed E-state index contributed by atoms with van der Waals surface area (Å²) in [4.78, 5) is 5.50. The van der Waals surface area contributed by atoms with Crippen molar-refractivity contribution >= 4 is 0 Å².